The second-order valence-corrected chi connectivity index (χ2v) is 9.04. The first-order valence-electron chi connectivity index (χ1n) is 9.26. The summed E-state index contributed by atoms with van der Waals surface area (Å²) in [5, 5.41) is 2.48. The van der Waals surface area contributed by atoms with E-state index in [4.69, 9.17) is 4.74 Å². The quantitative estimate of drug-likeness (QED) is 0.661. The first kappa shape index (κ1) is 21.0. The lowest BCUT2D eigenvalue weighted by atomic mass is 10.1. The molecule has 1 unspecified atom stereocenters. The summed E-state index contributed by atoms with van der Waals surface area (Å²) in [5.41, 5.74) is -0.984. The predicted molar refractivity (Wildman–Crippen MR) is 106 cm³/mol. The van der Waals surface area contributed by atoms with Crippen LogP contribution in [0.25, 0.3) is 5.69 Å². The fourth-order valence-electron chi connectivity index (χ4n) is 3.32. The van der Waals surface area contributed by atoms with Crippen LogP contribution in [0.2, 0.25) is 0 Å². The molecular weight excluding hydrogens is 433 g/mol. The van der Waals surface area contributed by atoms with Crippen LogP contribution in [0, 0.1) is 0 Å². The molecule has 6 nitrogen and oxygen atoms in total. The minimum absolute atomic E-state index is 0.0758. The number of sulfone groups is 1. The summed E-state index contributed by atoms with van der Waals surface area (Å²) >= 11 is 0. The first-order chi connectivity index (χ1) is 14.6. The zero-order valence-electron chi connectivity index (χ0n) is 16.0. The normalized spacial score (nSPS) is 17.5. The van der Waals surface area contributed by atoms with Crippen molar-refractivity contribution in [3.63, 3.8) is 0 Å². The van der Waals surface area contributed by atoms with Gasteiger partial charge in [0.05, 0.1) is 17.9 Å². The molecule has 1 aliphatic rings. The molecule has 2 heterocycles. The van der Waals surface area contributed by atoms with E-state index < -0.39 is 33.6 Å². The summed E-state index contributed by atoms with van der Waals surface area (Å²) < 4.78 is 71.9. The lowest BCUT2D eigenvalue weighted by Gasteiger charge is -2.26. The molecule has 0 saturated carbocycles. The number of benzene rings is 2. The van der Waals surface area contributed by atoms with E-state index >= 15 is 0 Å². The monoisotopic (exact) mass is 450 g/mol. The molecule has 4 rings (SSSR count). The lowest BCUT2D eigenvalue weighted by molar-refractivity contribution is -0.137. The van der Waals surface area contributed by atoms with Crippen LogP contribution >= 0.6 is 0 Å². The van der Waals surface area contributed by atoms with E-state index in [9.17, 15) is 26.4 Å². The van der Waals surface area contributed by atoms with E-state index in [-0.39, 0.29) is 34.2 Å². The van der Waals surface area contributed by atoms with Gasteiger partial charge in [0.25, 0.3) is 5.91 Å². The number of halogens is 3. The molecule has 0 spiro atoms. The van der Waals surface area contributed by atoms with Crippen molar-refractivity contribution in [3.05, 3.63) is 78.1 Å². The zero-order chi connectivity index (χ0) is 22.2. The van der Waals surface area contributed by atoms with Gasteiger partial charge in [-0.2, -0.15) is 13.2 Å². The van der Waals surface area contributed by atoms with Gasteiger partial charge in [0.15, 0.2) is 9.84 Å². The van der Waals surface area contributed by atoms with Gasteiger partial charge in [-0.3, -0.25) is 4.79 Å². The molecule has 0 saturated heterocycles. The van der Waals surface area contributed by atoms with Crippen LogP contribution in [0.3, 0.4) is 0 Å². The molecule has 31 heavy (non-hydrogen) atoms. The highest BCUT2D eigenvalue weighted by molar-refractivity contribution is 7.91. The number of hydrogen-bond donors (Lipinski definition) is 1. The number of nitrogens with zero attached hydrogens (tertiary/aromatic N) is 1. The number of ether oxygens (including phenoxy) is 1. The number of nitrogens with one attached hydrogen (secondary N) is 1. The van der Waals surface area contributed by atoms with E-state index in [1.165, 1.54) is 22.8 Å². The number of alkyl halides is 3. The summed E-state index contributed by atoms with van der Waals surface area (Å²) in [7, 11) is -3.59. The Kier molecular flexibility index (Phi) is 5.26. The molecule has 10 heteroatoms. The number of amides is 1. The molecule has 1 aromatic heterocycles. The van der Waals surface area contributed by atoms with Gasteiger partial charge in [-0.05, 0) is 42.5 Å². The average molecular weight is 450 g/mol. The van der Waals surface area contributed by atoms with Gasteiger partial charge >= 0.3 is 6.18 Å². The Morgan fingerprint density at radius 2 is 1.81 bits per heavy atom. The summed E-state index contributed by atoms with van der Waals surface area (Å²) in [6, 6.07) is 12.5. The molecule has 3 aromatic rings. The third-order valence-electron chi connectivity index (χ3n) is 4.78. The van der Waals surface area contributed by atoms with Crippen LogP contribution in [0.4, 0.5) is 13.2 Å². The molecular formula is C21H17F3N2O4S. The summed E-state index contributed by atoms with van der Waals surface area (Å²) in [6.45, 7) is -0.179. The van der Waals surface area contributed by atoms with E-state index in [1.807, 2.05) is 0 Å². The molecule has 1 aliphatic heterocycles. The van der Waals surface area contributed by atoms with Crippen LogP contribution in [-0.2, 0) is 16.0 Å². The van der Waals surface area contributed by atoms with Crippen LogP contribution in [-0.4, -0.2) is 37.3 Å². The van der Waals surface area contributed by atoms with Crippen LogP contribution in [0.5, 0.6) is 5.75 Å². The van der Waals surface area contributed by atoms with Crippen molar-refractivity contribution in [2.24, 2.45) is 0 Å². The Morgan fingerprint density at radius 3 is 2.52 bits per heavy atom. The van der Waals surface area contributed by atoms with Crippen molar-refractivity contribution < 1.29 is 31.1 Å². The summed E-state index contributed by atoms with van der Waals surface area (Å²) in [4.78, 5) is 12.7. The molecule has 2 aromatic carbocycles. The minimum Gasteiger partial charge on any atom is -0.486 e. The molecule has 0 fully saturated rings. The van der Waals surface area contributed by atoms with Gasteiger partial charge in [-0.25, -0.2) is 8.42 Å². The smallest absolute Gasteiger partial charge is 0.416 e. The number of fused-ring (bicyclic) bond motifs is 1. The Bertz CT molecular complexity index is 1220. The first-order valence-corrected chi connectivity index (χ1v) is 10.9. The fourth-order valence-corrected chi connectivity index (χ4v) is 4.89. The molecule has 0 aliphatic carbocycles. The Balaban J connectivity index is 1.55. The molecule has 0 radical (unpaired) electrons. The molecule has 1 N–H and O–H groups in total. The van der Waals surface area contributed by atoms with Gasteiger partial charge in [0, 0.05) is 23.6 Å². The third-order valence-corrected chi connectivity index (χ3v) is 6.60. The van der Waals surface area contributed by atoms with Gasteiger partial charge in [-0.1, -0.05) is 12.1 Å². The summed E-state index contributed by atoms with van der Waals surface area (Å²) in [6.07, 6.45) is -2.37. The molecule has 162 valence electrons. The zero-order valence-corrected chi connectivity index (χ0v) is 16.8. The number of aromatic nitrogens is 1. The molecule has 1 amide bonds. The number of para-hydroxylation sites is 1. The highest BCUT2D eigenvalue weighted by Gasteiger charge is 2.33. The Labute approximate surface area is 176 Å². The van der Waals surface area contributed by atoms with Crippen molar-refractivity contribution >= 4 is 15.7 Å². The maximum absolute atomic E-state index is 13.3. The minimum atomic E-state index is -4.64. The topological polar surface area (TPSA) is 77.4 Å². The predicted octanol–water partition coefficient (Wildman–Crippen LogP) is 3.46. The largest absolute Gasteiger partial charge is 0.486 e. The van der Waals surface area contributed by atoms with Crippen molar-refractivity contribution in [1.29, 1.82) is 0 Å². The molecule has 0 bridgehead atoms. The van der Waals surface area contributed by atoms with Crippen molar-refractivity contribution in [1.82, 2.24) is 9.88 Å². The van der Waals surface area contributed by atoms with Gasteiger partial charge in [-0.15, -0.1) is 0 Å². The SMILES string of the molecule is O=C(NCC1CS(=O)(=O)c2ccccc2O1)c1cc(-n2cccc2)cc(C(F)(F)F)c1. The fraction of sp³-hybridized carbons (Fsp3) is 0.190. The number of hydrogen-bond acceptors (Lipinski definition) is 4. The summed E-state index contributed by atoms with van der Waals surface area (Å²) in [5.74, 6) is -0.928. The van der Waals surface area contributed by atoms with Crippen molar-refractivity contribution in [2.45, 2.75) is 17.2 Å². The highest BCUT2D eigenvalue weighted by Crippen LogP contribution is 2.32. The van der Waals surface area contributed by atoms with E-state index in [2.05, 4.69) is 5.32 Å². The Morgan fingerprint density at radius 1 is 1.10 bits per heavy atom. The van der Waals surface area contributed by atoms with Gasteiger partial charge in [0.2, 0.25) is 0 Å². The van der Waals surface area contributed by atoms with Crippen LogP contribution in [0.15, 0.2) is 71.9 Å². The third kappa shape index (κ3) is 4.43. The lowest BCUT2D eigenvalue weighted by Crippen LogP contribution is -2.42. The second kappa shape index (κ2) is 7.77. The second-order valence-electron chi connectivity index (χ2n) is 7.03. The van der Waals surface area contributed by atoms with E-state index in [1.54, 1.807) is 36.7 Å². The number of carbonyl (C=O) groups excluding carboxylic acids is 1. The highest BCUT2D eigenvalue weighted by atomic mass is 32.2. The number of rotatable bonds is 4. The van der Waals surface area contributed by atoms with Gasteiger partial charge in [0.1, 0.15) is 16.7 Å². The molecule has 1 atom stereocenters. The van der Waals surface area contributed by atoms with E-state index in [0.717, 1.165) is 12.1 Å². The maximum atomic E-state index is 13.3. The number of carbonyl (C=O) groups is 1. The van der Waals surface area contributed by atoms with Crippen LogP contribution < -0.4 is 10.1 Å². The standard InChI is InChI=1S/C21H17F3N2O4S/c22-21(23,24)15-9-14(10-16(11-15)26-7-3-4-8-26)20(27)25-12-17-13-31(28,29)19-6-2-1-5-18(19)30-17/h1-11,17H,12-13H2,(H,25,27). The van der Waals surface area contributed by atoms with Crippen LogP contribution in [0.1, 0.15) is 15.9 Å². The van der Waals surface area contributed by atoms with E-state index in [0.29, 0.717) is 0 Å². The Hall–Kier alpha value is -3.27. The van der Waals surface area contributed by atoms with Gasteiger partial charge < -0.3 is 14.6 Å². The van der Waals surface area contributed by atoms with Crippen molar-refractivity contribution in [3.8, 4) is 11.4 Å². The average Bonchev–Trinajstić information content (AvgIpc) is 3.25. The van der Waals surface area contributed by atoms with Crippen molar-refractivity contribution in [2.75, 3.05) is 12.3 Å². The maximum Gasteiger partial charge on any atom is 0.416 e.